The highest BCUT2D eigenvalue weighted by atomic mass is 16.7. The van der Waals surface area contributed by atoms with E-state index < -0.39 is 0 Å². The number of carbonyl (C=O) groups is 1. The summed E-state index contributed by atoms with van der Waals surface area (Å²) >= 11 is 0. The summed E-state index contributed by atoms with van der Waals surface area (Å²) in [6, 6.07) is 11.7. The van der Waals surface area contributed by atoms with E-state index in [9.17, 15) is 9.90 Å². The van der Waals surface area contributed by atoms with E-state index in [1.807, 2.05) is 18.2 Å². The summed E-state index contributed by atoms with van der Waals surface area (Å²) in [5.74, 6) is 1.36. The van der Waals surface area contributed by atoms with Gasteiger partial charge in [-0.05, 0) is 42.0 Å². The predicted octanol–water partition coefficient (Wildman–Crippen LogP) is 2.05. The van der Waals surface area contributed by atoms with Gasteiger partial charge in [-0.25, -0.2) is 0 Å². The third kappa shape index (κ3) is 2.51. The molecule has 0 aliphatic carbocycles. The molecular weight excluding hydrogens is 258 g/mol. The molecule has 20 heavy (non-hydrogen) atoms. The van der Waals surface area contributed by atoms with Crippen LogP contribution in [0.15, 0.2) is 42.5 Å². The predicted molar refractivity (Wildman–Crippen MR) is 71.8 cm³/mol. The van der Waals surface area contributed by atoms with Crippen molar-refractivity contribution in [2.24, 2.45) is 0 Å². The molecule has 0 atom stereocenters. The number of hydrogen-bond acceptors (Lipinski definition) is 4. The van der Waals surface area contributed by atoms with Crippen LogP contribution < -0.4 is 14.8 Å². The largest absolute Gasteiger partial charge is 0.508 e. The maximum Gasteiger partial charge on any atom is 0.251 e. The summed E-state index contributed by atoms with van der Waals surface area (Å²) in [6.45, 7) is 0.634. The minimum atomic E-state index is -0.192. The first-order chi connectivity index (χ1) is 9.72. The van der Waals surface area contributed by atoms with Gasteiger partial charge < -0.3 is 19.9 Å². The second-order valence-corrected chi connectivity index (χ2v) is 4.42. The third-order valence-corrected chi connectivity index (χ3v) is 3.02. The quantitative estimate of drug-likeness (QED) is 0.896. The maximum absolute atomic E-state index is 11.9. The van der Waals surface area contributed by atoms with Gasteiger partial charge in [-0.3, -0.25) is 4.79 Å². The molecular formula is C15H13NO4. The summed E-state index contributed by atoms with van der Waals surface area (Å²) in [5, 5.41) is 12.0. The van der Waals surface area contributed by atoms with Gasteiger partial charge >= 0.3 is 0 Å². The van der Waals surface area contributed by atoms with Crippen molar-refractivity contribution >= 4 is 5.91 Å². The molecule has 0 aromatic heterocycles. The van der Waals surface area contributed by atoms with Gasteiger partial charge in [0.1, 0.15) is 5.75 Å². The smallest absolute Gasteiger partial charge is 0.251 e. The lowest BCUT2D eigenvalue weighted by Gasteiger charge is -2.06. The van der Waals surface area contributed by atoms with Crippen LogP contribution in [0.3, 0.4) is 0 Å². The molecule has 1 amide bonds. The van der Waals surface area contributed by atoms with Crippen molar-refractivity contribution in [2.45, 2.75) is 6.54 Å². The second-order valence-electron chi connectivity index (χ2n) is 4.42. The molecule has 5 heteroatoms. The molecule has 1 aliphatic heterocycles. The summed E-state index contributed by atoms with van der Waals surface area (Å²) in [5.41, 5.74) is 1.44. The fourth-order valence-corrected chi connectivity index (χ4v) is 1.95. The van der Waals surface area contributed by atoms with Crippen LogP contribution in [0.2, 0.25) is 0 Å². The van der Waals surface area contributed by atoms with Crippen molar-refractivity contribution in [2.75, 3.05) is 6.79 Å². The Morgan fingerprint density at radius 1 is 1.10 bits per heavy atom. The highest BCUT2D eigenvalue weighted by Gasteiger charge is 2.13. The highest BCUT2D eigenvalue weighted by Crippen LogP contribution is 2.32. The van der Waals surface area contributed by atoms with E-state index in [-0.39, 0.29) is 18.4 Å². The van der Waals surface area contributed by atoms with Gasteiger partial charge in [-0.2, -0.15) is 0 Å². The number of amides is 1. The van der Waals surface area contributed by atoms with Crippen LogP contribution in [0.25, 0.3) is 0 Å². The number of carbonyl (C=O) groups excluding carboxylic acids is 1. The van der Waals surface area contributed by atoms with Gasteiger partial charge in [-0.1, -0.05) is 6.07 Å². The lowest BCUT2D eigenvalue weighted by Crippen LogP contribution is -2.22. The van der Waals surface area contributed by atoms with Crippen LogP contribution in [0.4, 0.5) is 0 Å². The number of hydrogen-bond donors (Lipinski definition) is 2. The first-order valence-electron chi connectivity index (χ1n) is 6.18. The number of aromatic hydroxyl groups is 1. The number of fused-ring (bicyclic) bond motifs is 1. The van der Waals surface area contributed by atoms with Crippen LogP contribution in [0.5, 0.6) is 17.2 Å². The zero-order valence-corrected chi connectivity index (χ0v) is 10.6. The van der Waals surface area contributed by atoms with Crippen LogP contribution in [-0.2, 0) is 6.54 Å². The van der Waals surface area contributed by atoms with E-state index in [1.165, 1.54) is 12.1 Å². The van der Waals surface area contributed by atoms with E-state index in [2.05, 4.69) is 5.32 Å². The molecule has 0 unspecified atom stereocenters. The zero-order valence-electron chi connectivity index (χ0n) is 10.6. The van der Waals surface area contributed by atoms with Gasteiger partial charge in [0.05, 0.1) is 0 Å². The van der Waals surface area contributed by atoms with Crippen molar-refractivity contribution < 1.29 is 19.4 Å². The van der Waals surface area contributed by atoms with Crippen LogP contribution in [0, 0.1) is 0 Å². The Bertz CT molecular complexity index is 637. The molecule has 0 saturated heterocycles. The minimum absolute atomic E-state index is 0.136. The summed E-state index contributed by atoms with van der Waals surface area (Å²) in [6.07, 6.45) is 0. The van der Waals surface area contributed by atoms with Crippen molar-refractivity contribution in [3.8, 4) is 17.2 Å². The van der Waals surface area contributed by atoms with E-state index in [4.69, 9.17) is 9.47 Å². The van der Waals surface area contributed by atoms with Crippen molar-refractivity contribution in [3.05, 3.63) is 53.6 Å². The minimum Gasteiger partial charge on any atom is -0.508 e. The van der Waals surface area contributed by atoms with Crippen LogP contribution >= 0.6 is 0 Å². The van der Waals surface area contributed by atoms with E-state index in [0.717, 1.165) is 11.3 Å². The highest BCUT2D eigenvalue weighted by molar-refractivity contribution is 5.94. The molecule has 3 rings (SSSR count). The van der Waals surface area contributed by atoms with Crippen LogP contribution in [-0.4, -0.2) is 17.8 Å². The summed E-state index contributed by atoms with van der Waals surface area (Å²) in [4.78, 5) is 11.9. The number of nitrogens with one attached hydrogen (secondary N) is 1. The first-order valence-corrected chi connectivity index (χ1v) is 6.18. The van der Waals surface area contributed by atoms with Crippen molar-refractivity contribution in [1.29, 1.82) is 0 Å². The van der Waals surface area contributed by atoms with Gasteiger partial charge in [0.2, 0.25) is 6.79 Å². The van der Waals surface area contributed by atoms with E-state index >= 15 is 0 Å². The standard InChI is InChI=1S/C15H13NO4/c17-12-4-2-11(3-5-12)15(18)16-8-10-1-6-13-14(7-10)20-9-19-13/h1-7,17H,8-9H2,(H,16,18). The molecule has 1 heterocycles. The average Bonchev–Trinajstić information content (AvgIpc) is 2.93. The molecule has 0 fully saturated rings. The monoisotopic (exact) mass is 271 g/mol. The molecule has 1 aliphatic rings. The number of benzene rings is 2. The molecule has 2 aromatic carbocycles. The molecule has 102 valence electrons. The molecule has 2 aromatic rings. The fourth-order valence-electron chi connectivity index (χ4n) is 1.95. The number of phenols is 1. The van der Waals surface area contributed by atoms with E-state index in [0.29, 0.717) is 17.9 Å². The Morgan fingerprint density at radius 2 is 1.85 bits per heavy atom. The number of rotatable bonds is 3. The Balaban J connectivity index is 1.64. The number of phenolic OH excluding ortho intramolecular Hbond substituents is 1. The molecule has 2 N–H and O–H groups in total. The van der Waals surface area contributed by atoms with Crippen molar-refractivity contribution in [3.63, 3.8) is 0 Å². The Hall–Kier alpha value is -2.69. The molecule has 0 saturated carbocycles. The second kappa shape index (κ2) is 5.13. The zero-order chi connectivity index (χ0) is 13.9. The molecule has 5 nitrogen and oxygen atoms in total. The lowest BCUT2D eigenvalue weighted by atomic mass is 10.1. The van der Waals surface area contributed by atoms with Crippen molar-refractivity contribution in [1.82, 2.24) is 5.32 Å². The van der Waals surface area contributed by atoms with Gasteiger partial charge in [0, 0.05) is 12.1 Å². The summed E-state index contributed by atoms with van der Waals surface area (Å²) in [7, 11) is 0. The van der Waals surface area contributed by atoms with Gasteiger partial charge in [0.25, 0.3) is 5.91 Å². The Morgan fingerprint density at radius 3 is 2.65 bits per heavy atom. The first kappa shape index (κ1) is 12.3. The maximum atomic E-state index is 11.9. The summed E-state index contributed by atoms with van der Waals surface area (Å²) < 4.78 is 10.5. The lowest BCUT2D eigenvalue weighted by molar-refractivity contribution is 0.0951. The number of ether oxygens (including phenoxy) is 2. The van der Waals surface area contributed by atoms with Gasteiger partial charge in [0.15, 0.2) is 11.5 Å². The average molecular weight is 271 g/mol. The van der Waals surface area contributed by atoms with Gasteiger partial charge in [-0.15, -0.1) is 0 Å². The van der Waals surface area contributed by atoms with Crippen LogP contribution in [0.1, 0.15) is 15.9 Å². The SMILES string of the molecule is O=C(NCc1ccc2c(c1)OCO2)c1ccc(O)cc1. The molecule has 0 bridgehead atoms. The molecule has 0 radical (unpaired) electrons. The topological polar surface area (TPSA) is 67.8 Å². The Labute approximate surface area is 115 Å². The Kier molecular flexibility index (Phi) is 3.16. The van der Waals surface area contributed by atoms with E-state index in [1.54, 1.807) is 12.1 Å². The molecule has 0 spiro atoms. The third-order valence-electron chi connectivity index (χ3n) is 3.02. The normalized spacial score (nSPS) is 12.2. The fraction of sp³-hybridized carbons (Fsp3) is 0.133.